The Labute approximate surface area is 150 Å². The second-order valence-electron chi connectivity index (χ2n) is 4.60. The van der Waals surface area contributed by atoms with Gasteiger partial charge >= 0.3 is 12.0 Å². The lowest BCUT2D eigenvalue weighted by atomic mass is 10.2. The molecule has 5 nitrogen and oxygen atoms in total. The summed E-state index contributed by atoms with van der Waals surface area (Å²) < 4.78 is 6.00. The highest BCUT2D eigenvalue weighted by molar-refractivity contribution is 9.11. The van der Waals surface area contributed by atoms with Crippen molar-refractivity contribution < 1.29 is 14.3 Å². The van der Waals surface area contributed by atoms with Crippen molar-refractivity contribution in [2.75, 3.05) is 12.4 Å². The van der Waals surface area contributed by atoms with E-state index in [-0.39, 0.29) is 5.56 Å². The van der Waals surface area contributed by atoms with Crippen LogP contribution in [0.4, 0.5) is 10.5 Å². The number of halogens is 2. The third kappa shape index (κ3) is 4.80. The largest absolute Gasteiger partial charge is 0.465 e. The molecule has 23 heavy (non-hydrogen) atoms. The van der Waals surface area contributed by atoms with Gasteiger partial charge in [0.2, 0.25) is 0 Å². The lowest BCUT2D eigenvalue weighted by Gasteiger charge is -2.13. The molecule has 2 amide bonds. The van der Waals surface area contributed by atoms with Gasteiger partial charge in [0.15, 0.2) is 0 Å². The zero-order chi connectivity index (χ0) is 16.8. The van der Waals surface area contributed by atoms with Crippen LogP contribution in [0.1, 0.15) is 15.9 Å². The molecule has 0 atom stereocenters. The number of carbonyl (C=O) groups excluding carboxylic acids is 2. The number of hydrogen-bond donors (Lipinski definition) is 2. The van der Waals surface area contributed by atoms with Gasteiger partial charge in [0.25, 0.3) is 0 Å². The average molecular weight is 442 g/mol. The van der Waals surface area contributed by atoms with Crippen LogP contribution in [0.2, 0.25) is 0 Å². The van der Waals surface area contributed by atoms with Gasteiger partial charge in [0.05, 0.1) is 18.4 Å². The van der Waals surface area contributed by atoms with Crippen LogP contribution in [-0.4, -0.2) is 19.1 Å². The molecule has 0 unspecified atom stereocenters. The molecule has 0 heterocycles. The van der Waals surface area contributed by atoms with Crippen molar-refractivity contribution in [2.24, 2.45) is 0 Å². The zero-order valence-corrected chi connectivity index (χ0v) is 15.4. The van der Waals surface area contributed by atoms with Gasteiger partial charge < -0.3 is 15.4 Å². The third-order valence-corrected chi connectivity index (χ3v) is 4.07. The summed E-state index contributed by atoms with van der Waals surface area (Å²) in [7, 11) is 1.29. The number of esters is 1. The highest BCUT2D eigenvalue weighted by Crippen LogP contribution is 2.30. The first-order valence-corrected chi connectivity index (χ1v) is 8.26. The number of ether oxygens (including phenoxy) is 1. The smallest absolute Gasteiger partial charge is 0.341 e. The van der Waals surface area contributed by atoms with Crippen molar-refractivity contribution in [3.63, 3.8) is 0 Å². The minimum absolute atomic E-state index is 0.255. The van der Waals surface area contributed by atoms with Gasteiger partial charge in [-0.15, -0.1) is 0 Å². The summed E-state index contributed by atoms with van der Waals surface area (Å²) in [5.41, 5.74) is 1.58. The fraction of sp³-hybridized carbons (Fsp3) is 0.125. The van der Waals surface area contributed by atoms with Crippen LogP contribution in [0.15, 0.2) is 51.4 Å². The fourth-order valence-corrected chi connectivity index (χ4v) is 3.31. The Balaban J connectivity index is 2.12. The van der Waals surface area contributed by atoms with E-state index in [2.05, 4.69) is 42.5 Å². The van der Waals surface area contributed by atoms with E-state index >= 15 is 0 Å². The Kier molecular flexibility index (Phi) is 6.18. The zero-order valence-electron chi connectivity index (χ0n) is 12.2. The monoisotopic (exact) mass is 440 g/mol. The van der Waals surface area contributed by atoms with Crippen molar-refractivity contribution in [1.82, 2.24) is 5.32 Å². The first-order valence-electron chi connectivity index (χ1n) is 6.67. The van der Waals surface area contributed by atoms with Crippen LogP contribution in [0, 0.1) is 0 Å². The number of benzene rings is 2. The molecule has 0 saturated heterocycles. The van der Waals surface area contributed by atoms with Crippen LogP contribution in [-0.2, 0) is 11.3 Å². The summed E-state index contributed by atoms with van der Waals surface area (Å²) in [5, 5.41) is 5.40. The van der Waals surface area contributed by atoms with Crippen LogP contribution >= 0.6 is 31.9 Å². The van der Waals surface area contributed by atoms with Crippen molar-refractivity contribution in [3.05, 3.63) is 62.5 Å². The highest BCUT2D eigenvalue weighted by Gasteiger charge is 2.18. The lowest BCUT2D eigenvalue weighted by molar-refractivity contribution is 0.0601. The number of hydrogen-bond acceptors (Lipinski definition) is 3. The molecule has 2 aromatic rings. The van der Waals surface area contributed by atoms with Gasteiger partial charge in [-0.1, -0.05) is 46.3 Å². The molecule has 0 aliphatic rings. The van der Waals surface area contributed by atoms with E-state index in [0.717, 1.165) is 10.0 Å². The first kappa shape index (κ1) is 17.5. The average Bonchev–Trinajstić information content (AvgIpc) is 2.53. The van der Waals surface area contributed by atoms with Gasteiger partial charge in [0.1, 0.15) is 0 Å². The predicted molar refractivity (Wildman–Crippen MR) is 95.5 cm³/mol. The minimum atomic E-state index is -0.539. The molecular weight excluding hydrogens is 428 g/mol. The summed E-state index contributed by atoms with van der Waals surface area (Å²) in [6, 6.07) is 12.5. The summed E-state index contributed by atoms with van der Waals surface area (Å²) in [6.45, 7) is 0.384. The molecule has 120 valence electrons. The molecule has 2 N–H and O–H groups in total. The van der Waals surface area contributed by atoms with Gasteiger partial charge in [0, 0.05) is 15.5 Å². The molecule has 2 aromatic carbocycles. The maximum absolute atomic E-state index is 12.1. The van der Waals surface area contributed by atoms with E-state index in [1.807, 2.05) is 30.3 Å². The van der Waals surface area contributed by atoms with Gasteiger partial charge in [-0.2, -0.15) is 0 Å². The Hall–Kier alpha value is -1.86. The molecule has 2 rings (SSSR count). The minimum Gasteiger partial charge on any atom is -0.465 e. The van der Waals surface area contributed by atoms with E-state index in [1.165, 1.54) is 7.11 Å². The normalized spacial score (nSPS) is 10.0. The standard InChI is InChI=1S/C16H14Br2N2O3/c1-23-15(21)14-12(18)7-11(17)8-13(14)20-16(22)19-9-10-5-3-2-4-6-10/h2-8H,9H2,1H3,(H2,19,20,22). The maximum Gasteiger partial charge on any atom is 0.341 e. The number of anilines is 1. The van der Waals surface area contributed by atoms with Crippen LogP contribution in [0.3, 0.4) is 0 Å². The van der Waals surface area contributed by atoms with E-state index in [1.54, 1.807) is 12.1 Å². The molecular formula is C16H14Br2N2O3. The molecule has 0 aliphatic heterocycles. The summed E-state index contributed by atoms with van der Waals surface area (Å²) in [4.78, 5) is 24.0. The van der Waals surface area contributed by atoms with E-state index < -0.39 is 12.0 Å². The van der Waals surface area contributed by atoms with Crippen LogP contribution < -0.4 is 10.6 Å². The van der Waals surface area contributed by atoms with Crippen molar-refractivity contribution >= 4 is 49.5 Å². The molecule has 7 heteroatoms. The van der Waals surface area contributed by atoms with E-state index in [4.69, 9.17) is 4.74 Å². The summed E-state index contributed by atoms with van der Waals surface area (Å²) >= 11 is 6.63. The van der Waals surface area contributed by atoms with Gasteiger partial charge in [-0.3, -0.25) is 0 Å². The Morgan fingerprint density at radius 1 is 1.13 bits per heavy atom. The Morgan fingerprint density at radius 2 is 1.83 bits per heavy atom. The van der Waals surface area contributed by atoms with Crippen molar-refractivity contribution in [1.29, 1.82) is 0 Å². The summed E-state index contributed by atoms with van der Waals surface area (Å²) in [6.07, 6.45) is 0. The topological polar surface area (TPSA) is 67.4 Å². The van der Waals surface area contributed by atoms with Crippen LogP contribution in [0.5, 0.6) is 0 Å². The first-order chi connectivity index (χ1) is 11.0. The highest BCUT2D eigenvalue weighted by atomic mass is 79.9. The number of amides is 2. The summed E-state index contributed by atoms with van der Waals surface area (Å²) in [5.74, 6) is -0.539. The molecule has 0 bridgehead atoms. The number of rotatable bonds is 4. The quantitative estimate of drug-likeness (QED) is 0.694. The molecule has 0 radical (unpaired) electrons. The Bertz CT molecular complexity index is 721. The third-order valence-electron chi connectivity index (χ3n) is 2.99. The molecule has 0 aromatic heterocycles. The molecule has 0 aliphatic carbocycles. The Morgan fingerprint density at radius 3 is 2.48 bits per heavy atom. The lowest BCUT2D eigenvalue weighted by Crippen LogP contribution is -2.29. The number of carbonyl (C=O) groups is 2. The van der Waals surface area contributed by atoms with E-state index in [0.29, 0.717) is 16.7 Å². The van der Waals surface area contributed by atoms with E-state index in [9.17, 15) is 9.59 Å². The number of nitrogens with one attached hydrogen (secondary N) is 2. The second kappa shape index (κ2) is 8.12. The molecule has 0 saturated carbocycles. The van der Waals surface area contributed by atoms with Gasteiger partial charge in [-0.05, 0) is 33.6 Å². The maximum atomic E-state index is 12.1. The van der Waals surface area contributed by atoms with Crippen molar-refractivity contribution in [3.8, 4) is 0 Å². The van der Waals surface area contributed by atoms with Gasteiger partial charge in [-0.25, -0.2) is 9.59 Å². The number of methoxy groups -OCH3 is 1. The van der Waals surface area contributed by atoms with Crippen LogP contribution in [0.25, 0.3) is 0 Å². The molecule has 0 spiro atoms. The SMILES string of the molecule is COC(=O)c1c(Br)cc(Br)cc1NC(=O)NCc1ccccc1. The second-order valence-corrected chi connectivity index (χ2v) is 6.37. The fourth-order valence-electron chi connectivity index (χ4n) is 1.93. The molecule has 0 fully saturated rings. The van der Waals surface area contributed by atoms with Crippen molar-refractivity contribution in [2.45, 2.75) is 6.54 Å². The number of urea groups is 1. The predicted octanol–water partition coefficient (Wildman–Crippen LogP) is 4.32.